The molecule has 1 aromatic heterocycles. The fourth-order valence-corrected chi connectivity index (χ4v) is 5.55. The Labute approximate surface area is 249 Å². The Morgan fingerprint density at radius 3 is 2.60 bits per heavy atom. The lowest BCUT2D eigenvalue weighted by atomic mass is 9.99. The highest BCUT2D eigenvalue weighted by Crippen LogP contribution is 2.39. The van der Waals surface area contributed by atoms with Crippen LogP contribution in [0.5, 0.6) is 0 Å². The van der Waals surface area contributed by atoms with Crippen LogP contribution in [0.25, 0.3) is 11.1 Å². The van der Waals surface area contributed by atoms with Gasteiger partial charge in [-0.25, -0.2) is 4.79 Å². The van der Waals surface area contributed by atoms with Gasteiger partial charge in [0.2, 0.25) is 0 Å². The van der Waals surface area contributed by atoms with E-state index in [0.717, 1.165) is 38.5 Å². The highest BCUT2D eigenvalue weighted by Gasteiger charge is 2.32. The van der Waals surface area contributed by atoms with Crippen LogP contribution in [0.15, 0.2) is 96.9 Å². The van der Waals surface area contributed by atoms with Crippen LogP contribution >= 0.6 is 11.8 Å². The number of aliphatic hydroxyl groups excluding tert-OH is 1. The van der Waals surface area contributed by atoms with Gasteiger partial charge in [-0.1, -0.05) is 91.1 Å². The van der Waals surface area contributed by atoms with Crippen molar-refractivity contribution < 1.29 is 24.1 Å². The zero-order valence-electron chi connectivity index (χ0n) is 23.4. The van der Waals surface area contributed by atoms with Gasteiger partial charge in [0.1, 0.15) is 12.9 Å². The number of aromatic nitrogens is 3. The smallest absolute Gasteiger partial charge is 0.407 e. The summed E-state index contributed by atoms with van der Waals surface area (Å²) >= 11 is 1.61. The lowest BCUT2D eigenvalue weighted by molar-refractivity contribution is -0.245. The zero-order valence-corrected chi connectivity index (χ0v) is 24.2. The summed E-state index contributed by atoms with van der Waals surface area (Å²) in [5.74, 6) is 0.706. The molecule has 3 aromatic carbocycles. The summed E-state index contributed by atoms with van der Waals surface area (Å²) in [6, 6.07) is 24.0. The van der Waals surface area contributed by atoms with E-state index >= 15 is 0 Å². The van der Waals surface area contributed by atoms with Gasteiger partial charge in [-0.3, -0.25) is 0 Å². The predicted molar refractivity (Wildman–Crippen MR) is 160 cm³/mol. The Balaban J connectivity index is 1.29. The number of nitrogens with one attached hydrogen (secondary N) is 1. The number of aryl methyl sites for hydroxylation is 1. The third kappa shape index (κ3) is 7.65. The van der Waals surface area contributed by atoms with Crippen LogP contribution in [0.2, 0.25) is 0 Å². The van der Waals surface area contributed by atoms with Gasteiger partial charge in [0, 0.05) is 31.3 Å². The first kappa shape index (κ1) is 29.5. The molecule has 1 aliphatic heterocycles. The number of amides is 1. The molecular formula is C32H34N4O5S. The van der Waals surface area contributed by atoms with Crippen molar-refractivity contribution in [2.24, 2.45) is 7.05 Å². The maximum Gasteiger partial charge on any atom is 0.407 e. The van der Waals surface area contributed by atoms with E-state index in [1.165, 1.54) is 6.08 Å². The minimum Gasteiger partial charge on any atom is -0.445 e. The summed E-state index contributed by atoms with van der Waals surface area (Å²) in [7, 11) is 1.92. The Morgan fingerprint density at radius 1 is 1.10 bits per heavy atom. The highest BCUT2D eigenvalue weighted by molar-refractivity contribution is 7.99. The van der Waals surface area contributed by atoms with Gasteiger partial charge < -0.3 is 29.2 Å². The maximum absolute atomic E-state index is 11.8. The van der Waals surface area contributed by atoms with E-state index in [1.54, 1.807) is 18.1 Å². The average molecular weight is 587 g/mol. The molecule has 42 heavy (non-hydrogen) atoms. The molecule has 1 fully saturated rings. The molecule has 10 heteroatoms. The van der Waals surface area contributed by atoms with Crippen LogP contribution in [0.4, 0.5) is 4.79 Å². The molecule has 0 radical (unpaired) electrons. The molecule has 5 rings (SSSR count). The van der Waals surface area contributed by atoms with Gasteiger partial charge >= 0.3 is 6.09 Å². The van der Waals surface area contributed by atoms with Crippen LogP contribution in [0, 0.1) is 0 Å². The number of carbonyl (C=O) groups excluding carboxylic acids is 1. The molecule has 0 bridgehead atoms. The number of aliphatic hydroxyl groups is 1. The van der Waals surface area contributed by atoms with Crippen LogP contribution < -0.4 is 5.32 Å². The van der Waals surface area contributed by atoms with Crippen molar-refractivity contribution in [3.8, 4) is 11.1 Å². The Kier molecular flexibility index (Phi) is 10.0. The lowest BCUT2D eigenvalue weighted by Gasteiger charge is -2.36. The van der Waals surface area contributed by atoms with Gasteiger partial charge in [0.15, 0.2) is 11.4 Å². The topological polar surface area (TPSA) is 108 Å². The molecule has 3 atom stereocenters. The van der Waals surface area contributed by atoms with Crippen molar-refractivity contribution in [1.29, 1.82) is 0 Å². The first-order valence-electron chi connectivity index (χ1n) is 13.7. The molecule has 0 aliphatic carbocycles. The van der Waals surface area contributed by atoms with E-state index in [4.69, 9.17) is 14.2 Å². The normalized spacial score (nSPS) is 18.4. The molecule has 1 saturated heterocycles. The first-order valence-corrected chi connectivity index (χ1v) is 14.7. The molecule has 9 nitrogen and oxygen atoms in total. The van der Waals surface area contributed by atoms with E-state index in [0.29, 0.717) is 18.7 Å². The molecule has 0 spiro atoms. The lowest BCUT2D eigenvalue weighted by Crippen LogP contribution is -2.31. The summed E-state index contributed by atoms with van der Waals surface area (Å²) in [6.45, 7) is 4.08. The quantitative estimate of drug-likeness (QED) is 0.170. The van der Waals surface area contributed by atoms with Gasteiger partial charge in [-0.05, 0) is 33.9 Å². The summed E-state index contributed by atoms with van der Waals surface area (Å²) in [5.41, 5.74) is 5.86. The highest BCUT2D eigenvalue weighted by atomic mass is 32.2. The van der Waals surface area contributed by atoms with Crippen LogP contribution in [-0.4, -0.2) is 44.4 Å². The number of benzene rings is 3. The van der Waals surface area contributed by atoms with E-state index in [-0.39, 0.29) is 25.4 Å². The fraction of sp³-hybridized carbons (Fsp3) is 0.281. The molecule has 2 heterocycles. The van der Waals surface area contributed by atoms with E-state index < -0.39 is 12.4 Å². The fourth-order valence-electron chi connectivity index (χ4n) is 4.65. The largest absolute Gasteiger partial charge is 0.445 e. The van der Waals surface area contributed by atoms with Gasteiger partial charge in [-0.2, -0.15) is 0 Å². The number of hydrogen-bond acceptors (Lipinski definition) is 8. The van der Waals surface area contributed by atoms with Crippen molar-refractivity contribution in [2.45, 2.75) is 43.2 Å². The van der Waals surface area contributed by atoms with Gasteiger partial charge in [0.25, 0.3) is 0 Å². The minimum atomic E-state index is -0.544. The second-order valence-electron chi connectivity index (χ2n) is 9.95. The molecule has 218 valence electrons. The van der Waals surface area contributed by atoms with Crippen LogP contribution in [-0.2, 0) is 34.4 Å². The van der Waals surface area contributed by atoms with Crippen LogP contribution in [0.3, 0.4) is 0 Å². The van der Waals surface area contributed by atoms with Gasteiger partial charge in [0.05, 0.1) is 18.8 Å². The summed E-state index contributed by atoms with van der Waals surface area (Å²) in [5, 5.41) is 21.2. The van der Waals surface area contributed by atoms with Crippen molar-refractivity contribution in [3.63, 3.8) is 0 Å². The molecule has 2 N–H and O–H groups in total. The summed E-state index contributed by atoms with van der Waals surface area (Å²) in [4.78, 5) is 11.8. The Hall–Kier alpha value is -3.96. The number of hydrogen-bond donors (Lipinski definition) is 2. The molecule has 1 amide bonds. The Bertz CT molecular complexity index is 1480. The molecule has 1 aliphatic rings. The van der Waals surface area contributed by atoms with E-state index in [1.807, 2.05) is 72.3 Å². The van der Waals surface area contributed by atoms with E-state index in [9.17, 15) is 9.90 Å². The number of nitrogens with zero attached hydrogens (tertiary/aromatic N) is 3. The second-order valence-corrected chi connectivity index (χ2v) is 10.9. The summed E-state index contributed by atoms with van der Waals surface area (Å²) in [6.07, 6.45) is 2.65. The van der Waals surface area contributed by atoms with E-state index in [2.05, 4.69) is 34.2 Å². The van der Waals surface area contributed by atoms with Crippen molar-refractivity contribution >= 4 is 17.9 Å². The standard InChI is InChI=1S/C32H34N4O5S/c1-3-15-39-32(38)33-18-23-5-4-6-27(16-23)24-11-13-26(14-12-24)30-40-28(20-42-31-35-34-21-36(31)2)17-29(41-30)25-9-7-22(19-37)8-10-25/h3-14,16,21,28-30,37H,1,15,17-20H2,2H3,(H,33,38)/t28-,29+,30+/m0/s1. The van der Waals surface area contributed by atoms with Crippen molar-refractivity contribution in [2.75, 3.05) is 12.4 Å². The third-order valence-corrected chi connectivity index (χ3v) is 8.06. The monoisotopic (exact) mass is 586 g/mol. The summed E-state index contributed by atoms with van der Waals surface area (Å²) < 4.78 is 19.8. The first-order chi connectivity index (χ1) is 20.5. The Morgan fingerprint density at radius 2 is 1.88 bits per heavy atom. The molecular weight excluding hydrogens is 552 g/mol. The van der Waals surface area contributed by atoms with Crippen molar-refractivity contribution in [3.05, 3.63) is 114 Å². The number of ether oxygens (including phenoxy) is 3. The number of thioether (sulfide) groups is 1. The number of alkyl carbamates (subject to hydrolysis) is 1. The molecule has 0 unspecified atom stereocenters. The van der Waals surface area contributed by atoms with Crippen molar-refractivity contribution in [1.82, 2.24) is 20.1 Å². The average Bonchev–Trinajstić information content (AvgIpc) is 3.46. The molecule has 0 saturated carbocycles. The number of rotatable bonds is 11. The zero-order chi connectivity index (χ0) is 29.3. The SMILES string of the molecule is C=CCOC(=O)NCc1cccc(-c2ccc([C@@H]3O[C@H](CSc4nncn4C)C[C@H](c4ccc(CO)cc4)O3)cc2)c1. The second kappa shape index (κ2) is 14.3. The maximum atomic E-state index is 11.8. The van der Waals surface area contributed by atoms with Gasteiger partial charge in [-0.15, -0.1) is 10.2 Å². The predicted octanol–water partition coefficient (Wildman–Crippen LogP) is 5.72. The third-order valence-electron chi connectivity index (χ3n) is 6.90. The number of carbonyl (C=O) groups is 1. The van der Waals surface area contributed by atoms with Crippen LogP contribution in [0.1, 0.15) is 41.1 Å². The minimum absolute atomic E-state index is 0.00253. The molecule has 4 aromatic rings.